The summed E-state index contributed by atoms with van der Waals surface area (Å²) in [6.45, 7) is 0. The monoisotopic (exact) mass is 156 g/mol. The molecule has 0 saturated heterocycles. The molecule has 0 radical (unpaired) electrons. The Morgan fingerprint density at radius 1 is 1.73 bits per heavy atom. The number of nitrogens with two attached hydrogens (primary N) is 1. The molecule has 1 aliphatic rings. The summed E-state index contributed by atoms with van der Waals surface area (Å²) in [6, 6.07) is -0.958. The topological polar surface area (TPSA) is 89.4 Å². The summed E-state index contributed by atoms with van der Waals surface area (Å²) in [5.41, 5.74) is 5.49. The number of hydrogen-bond acceptors (Lipinski definition) is 4. The summed E-state index contributed by atoms with van der Waals surface area (Å²) in [5.74, 6) is 0.000833. The van der Waals surface area contributed by atoms with Gasteiger partial charge in [-0.15, -0.1) is 0 Å². The fourth-order valence-corrected chi connectivity index (χ4v) is 0.884. The third kappa shape index (κ3) is 1.49. The van der Waals surface area contributed by atoms with Gasteiger partial charge < -0.3 is 10.8 Å². The molecule has 5 heteroatoms. The van der Waals surface area contributed by atoms with Crippen LogP contribution in [0.15, 0.2) is 23.6 Å². The van der Waals surface area contributed by atoms with Crippen LogP contribution in [0.3, 0.4) is 0 Å². The van der Waals surface area contributed by atoms with Gasteiger partial charge in [-0.3, -0.25) is 10.1 Å². The van der Waals surface area contributed by atoms with E-state index in [1.54, 1.807) is 0 Å². The first-order valence-corrected chi connectivity index (χ1v) is 3.10. The third-order valence-corrected chi connectivity index (χ3v) is 1.51. The van der Waals surface area contributed by atoms with Crippen molar-refractivity contribution in [3.05, 3.63) is 33.7 Å². The SMILES string of the molecule is NC1=CC=C(O)CC1[N+](=O)[O-]. The van der Waals surface area contributed by atoms with Gasteiger partial charge in [0.15, 0.2) is 0 Å². The molecule has 0 saturated carbocycles. The van der Waals surface area contributed by atoms with Gasteiger partial charge in [-0.25, -0.2) is 0 Å². The number of nitrogens with zero attached hydrogens (tertiary/aromatic N) is 1. The second-order valence-corrected chi connectivity index (χ2v) is 2.33. The standard InChI is InChI=1S/C6H8N2O3/c7-5-2-1-4(9)3-6(5)8(10)11/h1-2,6,9H,3,7H2. The highest BCUT2D eigenvalue weighted by Gasteiger charge is 2.26. The lowest BCUT2D eigenvalue weighted by molar-refractivity contribution is -0.512. The summed E-state index contributed by atoms with van der Waals surface area (Å²) in [4.78, 5) is 9.75. The zero-order valence-electron chi connectivity index (χ0n) is 5.73. The van der Waals surface area contributed by atoms with Crippen LogP contribution in [0.5, 0.6) is 0 Å². The van der Waals surface area contributed by atoms with E-state index in [-0.39, 0.29) is 17.9 Å². The van der Waals surface area contributed by atoms with E-state index >= 15 is 0 Å². The molecule has 0 amide bonds. The first kappa shape index (κ1) is 7.59. The minimum absolute atomic E-state index is 0.000833. The molecule has 0 fully saturated rings. The van der Waals surface area contributed by atoms with Crippen LogP contribution in [0.2, 0.25) is 0 Å². The van der Waals surface area contributed by atoms with Crippen LogP contribution < -0.4 is 5.73 Å². The van der Waals surface area contributed by atoms with Crippen molar-refractivity contribution in [3.8, 4) is 0 Å². The van der Waals surface area contributed by atoms with Crippen LogP contribution in [0.4, 0.5) is 0 Å². The van der Waals surface area contributed by atoms with Crippen LogP contribution >= 0.6 is 0 Å². The molecule has 11 heavy (non-hydrogen) atoms. The smallest absolute Gasteiger partial charge is 0.258 e. The Balaban J connectivity index is 2.81. The van der Waals surface area contributed by atoms with E-state index in [0.29, 0.717) is 0 Å². The Kier molecular flexibility index (Phi) is 1.80. The third-order valence-electron chi connectivity index (χ3n) is 1.51. The van der Waals surface area contributed by atoms with E-state index < -0.39 is 11.0 Å². The molecule has 5 nitrogen and oxygen atoms in total. The maximum absolute atomic E-state index is 10.3. The molecule has 1 unspecified atom stereocenters. The molecule has 0 spiro atoms. The highest BCUT2D eigenvalue weighted by Crippen LogP contribution is 2.15. The van der Waals surface area contributed by atoms with Gasteiger partial charge >= 0.3 is 0 Å². The van der Waals surface area contributed by atoms with Crippen molar-refractivity contribution in [2.45, 2.75) is 12.5 Å². The predicted octanol–water partition coefficient (Wildman–Crippen LogP) is 0.320. The van der Waals surface area contributed by atoms with Gasteiger partial charge in [0.1, 0.15) is 0 Å². The second kappa shape index (κ2) is 2.61. The van der Waals surface area contributed by atoms with Crippen LogP contribution in [-0.2, 0) is 0 Å². The van der Waals surface area contributed by atoms with E-state index in [1.807, 2.05) is 0 Å². The van der Waals surface area contributed by atoms with Gasteiger partial charge in [-0.1, -0.05) is 0 Å². The van der Waals surface area contributed by atoms with Gasteiger partial charge in [0.2, 0.25) is 0 Å². The van der Waals surface area contributed by atoms with Gasteiger partial charge in [0, 0.05) is 4.92 Å². The Bertz CT molecular complexity index is 244. The lowest BCUT2D eigenvalue weighted by atomic mass is 10.1. The summed E-state index contributed by atoms with van der Waals surface area (Å²) in [7, 11) is 0. The van der Waals surface area contributed by atoms with E-state index in [9.17, 15) is 10.1 Å². The first-order valence-electron chi connectivity index (χ1n) is 3.10. The number of aliphatic hydroxyl groups excluding tert-OH is 1. The Hall–Kier alpha value is -1.52. The first-order chi connectivity index (χ1) is 5.11. The second-order valence-electron chi connectivity index (χ2n) is 2.33. The fourth-order valence-electron chi connectivity index (χ4n) is 0.884. The Morgan fingerprint density at radius 3 is 2.82 bits per heavy atom. The van der Waals surface area contributed by atoms with Crippen molar-refractivity contribution in [2.24, 2.45) is 5.73 Å². The average Bonchev–Trinajstić information content (AvgIpc) is 1.94. The van der Waals surface area contributed by atoms with Crippen LogP contribution in [0.1, 0.15) is 6.42 Å². The van der Waals surface area contributed by atoms with Crippen molar-refractivity contribution in [1.29, 1.82) is 0 Å². The van der Waals surface area contributed by atoms with Crippen LogP contribution in [-0.4, -0.2) is 16.1 Å². The van der Waals surface area contributed by atoms with Crippen LogP contribution in [0, 0.1) is 10.1 Å². The molecular formula is C6H8N2O3. The Labute approximate surface area is 63.0 Å². The van der Waals surface area contributed by atoms with Gasteiger partial charge in [-0.2, -0.15) is 0 Å². The number of hydrogen-bond donors (Lipinski definition) is 2. The Morgan fingerprint density at radius 2 is 2.36 bits per heavy atom. The molecular weight excluding hydrogens is 148 g/mol. The zero-order chi connectivity index (χ0) is 8.43. The lowest BCUT2D eigenvalue weighted by Gasteiger charge is -2.11. The zero-order valence-corrected chi connectivity index (χ0v) is 5.73. The van der Waals surface area contributed by atoms with Gasteiger partial charge in [-0.05, 0) is 12.2 Å². The normalized spacial score (nSPS) is 23.8. The minimum Gasteiger partial charge on any atom is -0.512 e. The molecule has 0 bridgehead atoms. The number of rotatable bonds is 1. The molecule has 0 aromatic heterocycles. The van der Waals surface area contributed by atoms with E-state index in [2.05, 4.69) is 0 Å². The maximum Gasteiger partial charge on any atom is 0.258 e. The van der Waals surface area contributed by atoms with Crippen molar-refractivity contribution >= 4 is 0 Å². The summed E-state index contributed by atoms with van der Waals surface area (Å²) in [6.07, 6.45) is 2.72. The molecule has 1 rings (SSSR count). The molecule has 60 valence electrons. The van der Waals surface area contributed by atoms with Gasteiger partial charge in [0.25, 0.3) is 6.04 Å². The highest BCUT2D eigenvalue weighted by atomic mass is 16.6. The van der Waals surface area contributed by atoms with Crippen molar-refractivity contribution in [2.75, 3.05) is 0 Å². The fraction of sp³-hybridized carbons (Fsp3) is 0.333. The molecule has 1 atom stereocenters. The largest absolute Gasteiger partial charge is 0.512 e. The average molecular weight is 156 g/mol. The number of nitro groups is 1. The van der Waals surface area contributed by atoms with Gasteiger partial charge in [0.05, 0.1) is 17.9 Å². The van der Waals surface area contributed by atoms with E-state index in [0.717, 1.165) is 0 Å². The number of aliphatic hydroxyl groups is 1. The molecule has 0 aromatic carbocycles. The van der Waals surface area contributed by atoms with Crippen molar-refractivity contribution in [1.82, 2.24) is 0 Å². The molecule has 0 heterocycles. The van der Waals surface area contributed by atoms with E-state index in [4.69, 9.17) is 10.8 Å². The summed E-state index contributed by atoms with van der Waals surface area (Å²) < 4.78 is 0. The molecule has 1 aliphatic carbocycles. The quantitative estimate of drug-likeness (QED) is 0.422. The molecule has 3 N–H and O–H groups in total. The van der Waals surface area contributed by atoms with E-state index in [1.165, 1.54) is 12.2 Å². The van der Waals surface area contributed by atoms with Crippen molar-refractivity contribution < 1.29 is 10.0 Å². The summed E-state index contributed by atoms with van der Waals surface area (Å²) in [5, 5.41) is 19.2. The number of allylic oxidation sites excluding steroid dienone is 2. The lowest BCUT2D eigenvalue weighted by Crippen LogP contribution is -2.28. The maximum atomic E-state index is 10.3. The molecule has 0 aromatic rings. The molecule has 0 aliphatic heterocycles. The minimum atomic E-state index is -0.958. The van der Waals surface area contributed by atoms with Crippen LogP contribution in [0.25, 0.3) is 0 Å². The summed E-state index contributed by atoms with van der Waals surface area (Å²) >= 11 is 0. The predicted molar refractivity (Wildman–Crippen MR) is 38.4 cm³/mol. The highest BCUT2D eigenvalue weighted by molar-refractivity contribution is 5.22. The van der Waals surface area contributed by atoms with Crippen molar-refractivity contribution in [3.63, 3.8) is 0 Å².